The molecule has 0 aliphatic carbocycles. The summed E-state index contributed by atoms with van der Waals surface area (Å²) in [5.74, 6) is 0.539. The minimum absolute atomic E-state index is 0.274. The highest BCUT2D eigenvalue weighted by Gasteiger charge is 2.19. The second kappa shape index (κ2) is 3.31. The molecule has 9 heavy (non-hydrogen) atoms. The van der Waals surface area contributed by atoms with Crippen LogP contribution >= 0.6 is 8.46 Å². The number of hydrogen-bond donors (Lipinski definition) is 0. The molecule has 0 aromatic heterocycles. The zero-order valence-electron chi connectivity index (χ0n) is 6.64. The van der Waals surface area contributed by atoms with Crippen molar-refractivity contribution in [3.05, 3.63) is 0 Å². The molecule has 0 N–H and O–H groups in total. The molecule has 1 unspecified atom stereocenters. The first-order valence-corrected chi connectivity index (χ1v) is 4.27. The zero-order valence-corrected chi connectivity index (χ0v) is 7.53. The van der Waals surface area contributed by atoms with E-state index in [-0.39, 0.29) is 8.46 Å². The van der Waals surface area contributed by atoms with E-state index in [9.17, 15) is 4.57 Å². The third-order valence-corrected chi connectivity index (χ3v) is 2.52. The molecule has 0 bridgehead atoms. The van der Waals surface area contributed by atoms with E-state index in [1.54, 1.807) is 0 Å². The summed E-state index contributed by atoms with van der Waals surface area (Å²) in [6.45, 7) is 8.64. The fourth-order valence-corrected chi connectivity index (χ4v) is 1.16. The normalized spacial score (nSPS) is 16.0. The molecule has 2 heteroatoms. The zero-order chi connectivity index (χ0) is 7.49. The highest BCUT2D eigenvalue weighted by Crippen LogP contribution is 2.27. The summed E-state index contributed by atoms with van der Waals surface area (Å²) in [5.41, 5.74) is 0.303. The van der Waals surface area contributed by atoms with Gasteiger partial charge in [-0.3, -0.25) is 4.57 Å². The van der Waals surface area contributed by atoms with E-state index in [0.29, 0.717) is 11.3 Å². The van der Waals surface area contributed by atoms with Crippen LogP contribution in [0.15, 0.2) is 0 Å². The smallest absolute Gasteiger partial charge is 0.155 e. The molecule has 0 aliphatic rings. The maximum absolute atomic E-state index is 10.2. The van der Waals surface area contributed by atoms with Gasteiger partial charge < -0.3 is 0 Å². The Bertz CT molecular complexity index is 93.6. The largest absolute Gasteiger partial charge is 0.275 e. The molecule has 1 atom stereocenters. The summed E-state index contributed by atoms with van der Waals surface area (Å²) >= 11 is 0. The lowest BCUT2D eigenvalue weighted by atomic mass is 9.83. The van der Waals surface area contributed by atoms with Gasteiger partial charge in [-0.25, -0.2) is 0 Å². The van der Waals surface area contributed by atoms with Crippen LogP contribution in [-0.2, 0) is 4.57 Å². The standard InChI is InChI=1S/C7H15OP/c1-6(5-9-8)7(2,3)4/h6H,5H2,1-4H3. The van der Waals surface area contributed by atoms with Gasteiger partial charge in [0, 0.05) is 6.16 Å². The second-order valence-corrected chi connectivity index (χ2v) is 4.20. The molecule has 1 nitrogen and oxygen atoms in total. The van der Waals surface area contributed by atoms with Gasteiger partial charge in [-0.05, 0) is 11.3 Å². The minimum Gasteiger partial charge on any atom is -0.275 e. The van der Waals surface area contributed by atoms with Crippen LogP contribution in [0.25, 0.3) is 0 Å². The Labute approximate surface area is 59.0 Å². The molecule has 0 heterocycles. The maximum Gasteiger partial charge on any atom is 0.155 e. The van der Waals surface area contributed by atoms with Crippen LogP contribution in [-0.4, -0.2) is 6.16 Å². The van der Waals surface area contributed by atoms with Crippen molar-refractivity contribution in [3.8, 4) is 0 Å². The van der Waals surface area contributed by atoms with E-state index in [0.717, 1.165) is 6.16 Å². The predicted molar refractivity (Wildman–Crippen MR) is 41.1 cm³/mol. The second-order valence-electron chi connectivity index (χ2n) is 3.58. The van der Waals surface area contributed by atoms with Crippen molar-refractivity contribution in [1.82, 2.24) is 0 Å². The SMILES string of the molecule is CC(CP=O)C(C)(C)C. The van der Waals surface area contributed by atoms with E-state index in [1.807, 2.05) is 0 Å². The Kier molecular flexibility index (Phi) is 3.35. The highest BCUT2D eigenvalue weighted by atomic mass is 31.1. The lowest BCUT2D eigenvalue weighted by Gasteiger charge is -2.24. The lowest BCUT2D eigenvalue weighted by Crippen LogP contribution is -2.18. The van der Waals surface area contributed by atoms with Crippen molar-refractivity contribution in [2.75, 3.05) is 6.16 Å². The van der Waals surface area contributed by atoms with Crippen LogP contribution in [0.1, 0.15) is 27.7 Å². The summed E-state index contributed by atoms with van der Waals surface area (Å²) in [7, 11) is 0.274. The molecule has 0 amide bonds. The van der Waals surface area contributed by atoms with Gasteiger partial charge >= 0.3 is 0 Å². The van der Waals surface area contributed by atoms with Crippen LogP contribution in [0.5, 0.6) is 0 Å². The monoisotopic (exact) mass is 146 g/mol. The average Bonchev–Trinajstić information content (AvgIpc) is 1.64. The van der Waals surface area contributed by atoms with Crippen LogP contribution in [0.3, 0.4) is 0 Å². The summed E-state index contributed by atoms with van der Waals surface area (Å²) in [6, 6.07) is 0. The molecule has 0 spiro atoms. The van der Waals surface area contributed by atoms with E-state index in [2.05, 4.69) is 27.7 Å². The van der Waals surface area contributed by atoms with Crippen LogP contribution < -0.4 is 0 Å². The third-order valence-electron chi connectivity index (χ3n) is 1.83. The van der Waals surface area contributed by atoms with Crippen LogP contribution in [0, 0.1) is 11.3 Å². The quantitative estimate of drug-likeness (QED) is 0.547. The number of rotatable bonds is 2. The van der Waals surface area contributed by atoms with E-state index < -0.39 is 0 Å². The van der Waals surface area contributed by atoms with Crippen molar-refractivity contribution in [2.24, 2.45) is 11.3 Å². The van der Waals surface area contributed by atoms with E-state index >= 15 is 0 Å². The third kappa shape index (κ3) is 3.64. The first-order chi connectivity index (χ1) is 3.98. The van der Waals surface area contributed by atoms with Gasteiger partial charge in [-0.2, -0.15) is 0 Å². The topological polar surface area (TPSA) is 17.1 Å². The van der Waals surface area contributed by atoms with Gasteiger partial charge in [0.25, 0.3) is 0 Å². The first-order valence-electron chi connectivity index (χ1n) is 3.27. The van der Waals surface area contributed by atoms with Crippen molar-refractivity contribution in [3.63, 3.8) is 0 Å². The molecule has 0 aliphatic heterocycles. The molecule has 0 aromatic carbocycles. The molecule has 0 rings (SSSR count). The Hall–Kier alpha value is 0.100. The molecule has 54 valence electrons. The Balaban J connectivity index is 3.72. The Morgan fingerprint density at radius 1 is 1.44 bits per heavy atom. The van der Waals surface area contributed by atoms with Crippen molar-refractivity contribution in [1.29, 1.82) is 0 Å². The van der Waals surface area contributed by atoms with Gasteiger partial charge in [0.1, 0.15) is 0 Å². The van der Waals surface area contributed by atoms with Crippen molar-refractivity contribution < 1.29 is 4.57 Å². The Morgan fingerprint density at radius 3 is 2.00 bits per heavy atom. The summed E-state index contributed by atoms with van der Waals surface area (Å²) < 4.78 is 10.2. The fraction of sp³-hybridized carbons (Fsp3) is 1.00. The van der Waals surface area contributed by atoms with Crippen molar-refractivity contribution in [2.45, 2.75) is 27.7 Å². The molecule has 0 saturated heterocycles. The number of hydrogen-bond acceptors (Lipinski definition) is 1. The Morgan fingerprint density at radius 2 is 1.89 bits per heavy atom. The minimum atomic E-state index is 0.274. The van der Waals surface area contributed by atoms with E-state index in [4.69, 9.17) is 0 Å². The van der Waals surface area contributed by atoms with E-state index in [1.165, 1.54) is 0 Å². The molecular formula is C7H15OP. The van der Waals surface area contributed by atoms with Gasteiger partial charge in [-0.15, -0.1) is 0 Å². The predicted octanol–water partition coefficient (Wildman–Crippen LogP) is 2.96. The van der Waals surface area contributed by atoms with Crippen LogP contribution in [0.4, 0.5) is 0 Å². The van der Waals surface area contributed by atoms with Gasteiger partial charge in [0.2, 0.25) is 0 Å². The maximum atomic E-state index is 10.2. The average molecular weight is 146 g/mol. The van der Waals surface area contributed by atoms with Gasteiger partial charge in [-0.1, -0.05) is 27.7 Å². The lowest BCUT2D eigenvalue weighted by molar-refractivity contribution is 0.287. The molecule has 0 saturated carbocycles. The van der Waals surface area contributed by atoms with Crippen molar-refractivity contribution >= 4 is 8.46 Å². The summed E-state index contributed by atoms with van der Waals surface area (Å²) in [5, 5.41) is 0. The summed E-state index contributed by atoms with van der Waals surface area (Å²) in [4.78, 5) is 0. The van der Waals surface area contributed by atoms with Crippen LogP contribution in [0.2, 0.25) is 0 Å². The molecule has 0 radical (unpaired) electrons. The van der Waals surface area contributed by atoms with Gasteiger partial charge in [0.15, 0.2) is 8.46 Å². The molecular weight excluding hydrogens is 131 g/mol. The van der Waals surface area contributed by atoms with Gasteiger partial charge in [0.05, 0.1) is 0 Å². The highest BCUT2D eigenvalue weighted by molar-refractivity contribution is 7.23. The fourth-order valence-electron chi connectivity index (χ4n) is 0.386. The summed E-state index contributed by atoms with van der Waals surface area (Å²) in [6.07, 6.45) is 0.781. The molecule has 0 fully saturated rings. The first kappa shape index (κ1) is 9.10. The molecule has 0 aromatic rings.